The summed E-state index contributed by atoms with van der Waals surface area (Å²) in [6.45, 7) is 3.50. The number of benzene rings is 1. The van der Waals surface area contributed by atoms with Gasteiger partial charge in [0.1, 0.15) is 6.04 Å². The largest absolute Gasteiger partial charge is 0.480 e. The lowest BCUT2D eigenvalue weighted by atomic mass is 10.0. The van der Waals surface area contributed by atoms with E-state index in [2.05, 4.69) is 11.9 Å². The van der Waals surface area contributed by atoms with Crippen LogP contribution >= 0.6 is 0 Å². The molecule has 1 aromatic rings. The molecule has 3 atom stereocenters. The van der Waals surface area contributed by atoms with Gasteiger partial charge in [0, 0.05) is 5.92 Å². The van der Waals surface area contributed by atoms with E-state index in [1.807, 2.05) is 0 Å². The Morgan fingerprint density at radius 2 is 2.12 bits per heavy atom. The van der Waals surface area contributed by atoms with Crippen molar-refractivity contribution in [1.29, 1.82) is 0 Å². The minimum Gasteiger partial charge on any atom is -0.480 e. The first-order valence-corrected chi connectivity index (χ1v) is 7.55. The van der Waals surface area contributed by atoms with Crippen molar-refractivity contribution in [2.45, 2.75) is 37.4 Å². The van der Waals surface area contributed by atoms with Crippen molar-refractivity contribution >= 4 is 11.9 Å². The smallest absolute Gasteiger partial charge is 0.416 e. The lowest BCUT2D eigenvalue weighted by Gasteiger charge is -2.13. The average molecular weight is 341 g/mol. The molecule has 3 unspecified atom stereocenters. The fraction of sp³-hybridized carbons (Fsp3) is 0.412. The SMILES string of the molecule is C=CCCC(NC(=O)C1CC1c1cccc(C(F)(F)F)c1)C(=O)O. The fourth-order valence-electron chi connectivity index (χ4n) is 2.62. The third kappa shape index (κ3) is 4.37. The first-order valence-electron chi connectivity index (χ1n) is 7.55. The summed E-state index contributed by atoms with van der Waals surface area (Å²) in [4.78, 5) is 23.2. The predicted molar refractivity (Wildman–Crippen MR) is 81.3 cm³/mol. The lowest BCUT2D eigenvalue weighted by molar-refractivity contribution is -0.142. The summed E-state index contributed by atoms with van der Waals surface area (Å²) in [5.74, 6) is -2.37. The molecule has 1 amide bonds. The maximum atomic E-state index is 12.7. The highest BCUT2D eigenvalue weighted by Gasteiger charge is 2.45. The van der Waals surface area contributed by atoms with Crippen LogP contribution in [0.3, 0.4) is 0 Å². The molecule has 0 aromatic heterocycles. The summed E-state index contributed by atoms with van der Waals surface area (Å²) in [7, 11) is 0. The van der Waals surface area contributed by atoms with Crippen molar-refractivity contribution in [2.24, 2.45) is 5.92 Å². The molecule has 7 heteroatoms. The minimum absolute atomic E-state index is 0.228. The van der Waals surface area contributed by atoms with E-state index in [1.165, 1.54) is 6.07 Å². The van der Waals surface area contributed by atoms with Crippen LogP contribution in [0.1, 0.15) is 36.3 Å². The van der Waals surface area contributed by atoms with Crippen LogP contribution in [0.4, 0.5) is 13.2 Å². The van der Waals surface area contributed by atoms with Crippen molar-refractivity contribution in [3.63, 3.8) is 0 Å². The Morgan fingerprint density at radius 1 is 1.42 bits per heavy atom. The zero-order valence-electron chi connectivity index (χ0n) is 12.8. The molecule has 1 aliphatic rings. The average Bonchev–Trinajstić information content (AvgIpc) is 3.31. The van der Waals surface area contributed by atoms with Gasteiger partial charge in [-0.25, -0.2) is 4.79 Å². The van der Waals surface area contributed by atoms with Crippen LogP contribution in [0.2, 0.25) is 0 Å². The van der Waals surface area contributed by atoms with E-state index in [1.54, 1.807) is 12.1 Å². The van der Waals surface area contributed by atoms with Gasteiger partial charge in [-0.05, 0) is 36.8 Å². The highest BCUT2D eigenvalue weighted by molar-refractivity contribution is 5.87. The fourth-order valence-corrected chi connectivity index (χ4v) is 2.62. The number of halogens is 3. The number of alkyl halides is 3. The molecular formula is C17H18F3NO3. The Labute approximate surface area is 137 Å². The van der Waals surface area contributed by atoms with Crippen LogP contribution in [-0.4, -0.2) is 23.0 Å². The van der Waals surface area contributed by atoms with E-state index in [-0.39, 0.29) is 12.3 Å². The molecule has 2 rings (SSSR count). The van der Waals surface area contributed by atoms with Crippen molar-refractivity contribution in [1.82, 2.24) is 5.32 Å². The molecule has 1 saturated carbocycles. The number of carbonyl (C=O) groups excluding carboxylic acids is 1. The van der Waals surface area contributed by atoms with E-state index >= 15 is 0 Å². The molecule has 1 aliphatic carbocycles. The van der Waals surface area contributed by atoms with Crippen LogP contribution in [0.5, 0.6) is 0 Å². The Kier molecular flexibility index (Phi) is 5.31. The zero-order chi connectivity index (χ0) is 17.9. The molecule has 0 saturated heterocycles. The number of carboxylic acids is 1. The Bertz CT molecular complexity index is 642. The van der Waals surface area contributed by atoms with E-state index in [4.69, 9.17) is 5.11 Å². The Balaban J connectivity index is 2.00. The molecule has 24 heavy (non-hydrogen) atoms. The molecular weight excluding hydrogens is 323 g/mol. The van der Waals surface area contributed by atoms with Crippen LogP contribution < -0.4 is 5.32 Å². The second-order valence-electron chi connectivity index (χ2n) is 5.84. The highest BCUT2D eigenvalue weighted by Crippen LogP contribution is 2.48. The van der Waals surface area contributed by atoms with Crippen molar-refractivity contribution < 1.29 is 27.9 Å². The quantitative estimate of drug-likeness (QED) is 0.748. The Hall–Kier alpha value is -2.31. The van der Waals surface area contributed by atoms with Gasteiger partial charge in [0.2, 0.25) is 5.91 Å². The van der Waals surface area contributed by atoms with Crippen LogP contribution in [0, 0.1) is 5.92 Å². The molecule has 0 bridgehead atoms. The van der Waals surface area contributed by atoms with Gasteiger partial charge in [-0.15, -0.1) is 6.58 Å². The molecule has 2 N–H and O–H groups in total. The molecule has 0 heterocycles. The summed E-state index contributed by atoms with van der Waals surface area (Å²) in [6.07, 6.45) is -1.78. The van der Waals surface area contributed by atoms with E-state index < -0.39 is 35.6 Å². The molecule has 1 fully saturated rings. The Morgan fingerprint density at radius 3 is 2.71 bits per heavy atom. The number of hydrogen-bond acceptors (Lipinski definition) is 2. The van der Waals surface area contributed by atoms with E-state index in [9.17, 15) is 22.8 Å². The minimum atomic E-state index is -4.43. The summed E-state index contributed by atoms with van der Waals surface area (Å²) in [5.41, 5.74) is -0.302. The van der Waals surface area contributed by atoms with Crippen LogP contribution in [-0.2, 0) is 15.8 Å². The van der Waals surface area contributed by atoms with Crippen molar-refractivity contribution in [2.75, 3.05) is 0 Å². The first-order chi connectivity index (χ1) is 11.2. The predicted octanol–water partition coefficient (Wildman–Crippen LogP) is 3.34. The monoisotopic (exact) mass is 341 g/mol. The maximum absolute atomic E-state index is 12.7. The number of carbonyl (C=O) groups is 2. The third-order valence-electron chi connectivity index (χ3n) is 4.04. The summed E-state index contributed by atoms with van der Waals surface area (Å²) < 4.78 is 38.2. The molecule has 4 nitrogen and oxygen atoms in total. The summed E-state index contributed by atoms with van der Waals surface area (Å²) in [6, 6.07) is 3.88. The van der Waals surface area contributed by atoms with Gasteiger partial charge in [-0.3, -0.25) is 4.79 Å². The maximum Gasteiger partial charge on any atom is 0.416 e. The topological polar surface area (TPSA) is 66.4 Å². The second kappa shape index (κ2) is 7.07. The van der Waals surface area contributed by atoms with Crippen molar-refractivity contribution in [3.05, 3.63) is 48.0 Å². The van der Waals surface area contributed by atoms with Gasteiger partial charge >= 0.3 is 12.1 Å². The number of carboxylic acid groups (broad SMARTS) is 1. The summed E-state index contributed by atoms with van der Waals surface area (Å²) in [5, 5.41) is 11.5. The summed E-state index contributed by atoms with van der Waals surface area (Å²) >= 11 is 0. The molecule has 0 spiro atoms. The lowest BCUT2D eigenvalue weighted by Crippen LogP contribution is -2.41. The molecule has 130 valence electrons. The standard InChI is InChI=1S/C17H18F3NO3/c1-2-3-7-14(16(23)24)21-15(22)13-9-12(13)10-5-4-6-11(8-10)17(18,19)20/h2,4-6,8,12-14H,1,3,7,9H2,(H,21,22)(H,23,24). The molecule has 0 aliphatic heterocycles. The normalized spacial score (nSPS) is 21.0. The van der Waals surface area contributed by atoms with Gasteiger partial charge < -0.3 is 10.4 Å². The second-order valence-corrected chi connectivity index (χ2v) is 5.84. The van der Waals surface area contributed by atoms with Gasteiger partial charge in [-0.2, -0.15) is 13.2 Å². The van der Waals surface area contributed by atoms with E-state index in [0.29, 0.717) is 18.4 Å². The van der Waals surface area contributed by atoms with Gasteiger partial charge in [0.25, 0.3) is 0 Å². The first kappa shape index (κ1) is 18.0. The van der Waals surface area contributed by atoms with E-state index in [0.717, 1.165) is 12.1 Å². The third-order valence-corrected chi connectivity index (χ3v) is 4.04. The van der Waals surface area contributed by atoms with Gasteiger partial charge in [0.15, 0.2) is 0 Å². The number of hydrogen-bond donors (Lipinski definition) is 2. The number of rotatable bonds is 7. The molecule has 1 aromatic carbocycles. The van der Waals surface area contributed by atoms with Crippen LogP contribution in [0.15, 0.2) is 36.9 Å². The zero-order valence-corrected chi connectivity index (χ0v) is 12.8. The highest BCUT2D eigenvalue weighted by atomic mass is 19.4. The number of aliphatic carboxylic acids is 1. The number of amides is 1. The van der Waals surface area contributed by atoms with Crippen LogP contribution in [0.25, 0.3) is 0 Å². The number of nitrogens with one attached hydrogen (secondary N) is 1. The van der Waals surface area contributed by atoms with Gasteiger partial charge in [-0.1, -0.05) is 24.3 Å². The van der Waals surface area contributed by atoms with Crippen molar-refractivity contribution in [3.8, 4) is 0 Å². The molecule has 0 radical (unpaired) electrons. The van der Waals surface area contributed by atoms with Gasteiger partial charge in [0.05, 0.1) is 5.56 Å². The number of allylic oxidation sites excluding steroid dienone is 1.